The van der Waals surface area contributed by atoms with E-state index < -0.39 is 10.0 Å². The van der Waals surface area contributed by atoms with Gasteiger partial charge in [0.1, 0.15) is 0 Å². The second-order valence-corrected chi connectivity index (χ2v) is 8.63. The number of rotatable bonds is 7. The first-order valence-corrected chi connectivity index (χ1v) is 10.5. The van der Waals surface area contributed by atoms with Gasteiger partial charge >= 0.3 is 0 Å². The number of aromatic nitrogens is 2. The van der Waals surface area contributed by atoms with E-state index in [0.717, 1.165) is 11.1 Å². The molecule has 0 aliphatic rings. The van der Waals surface area contributed by atoms with E-state index in [4.69, 9.17) is 0 Å². The quantitative estimate of drug-likeness (QED) is 0.652. The average molecular weight is 397 g/mol. The van der Waals surface area contributed by atoms with Crippen molar-refractivity contribution in [2.45, 2.75) is 31.2 Å². The molecule has 0 atom stereocenters. The van der Waals surface area contributed by atoms with Gasteiger partial charge < -0.3 is 4.90 Å². The monoisotopic (exact) mass is 396 g/mol. The first kappa shape index (κ1) is 19.8. The van der Waals surface area contributed by atoms with Crippen LogP contribution in [0, 0.1) is 0 Å². The van der Waals surface area contributed by atoms with E-state index in [2.05, 4.69) is 28.8 Å². The summed E-state index contributed by atoms with van der Waals surface area (Å²) < 4.78 is 27.6. The zero-order valence-corrected chi connectivity index (χ0v) is 17.0. The molecule has 3 aromatic rings. The number of anilines is 2. The lowest BCUT2D eigenvalue weighted by molar-refractivity contribution is 0.601. The van der Waals surface area contributed by atoms with Gasteiger partial charge in [0.2, 0.25) is 0 Å². The van der Waals surface area contributed by atoms with Crippen LogP contribution >= 0.6 is 0 Å². The van der Waals surface area contributed by atoms with E-state index in [1.807, 2.05) is 54.4 Å². The molecule has 1 heterocycles. The molecule has 0 amide bonds. The average Bonchev–Trinajstić information content (AvgIpc) is 2.69. The molecule has 0 aliphatic heterocycles. The first-order valence-electron chi connectivity index (χ1n) is 9.07. The molecule has 0 saturated carbocycles. The molecule has 0 radical (unpaired) electrons. The number of hydrogen-bond donors (Lipinski definition) is 1. The fraction of sp³-hybridized carbons (Fsp3) is 0.238. The molecule has 0 saturated heterocycles. The van der Waals surface area contributed by atoms with E-state index in [-0.39, 0.29) is 10.7 Å². The summed E-state index contributed by atoms with van der Waals surface area (Å²) in [4.78, 5) is 2.15. The molecule has 1 aromatic heterocycles. The minimum Gasteiger partial charge on any atom is -0.354 e. The molecule has 7 heteroatoms. The number of benzene rings is 2. The van der Waals surface area contributed by atoms with E-state index in [0.29, 0.717) is 18.3 Å². The van der Waals surface area contributed by atoms with Gasteiger partial charge in [-0.05, 0) is 41.3 Å². The molecule has 0 spiro atoms. The lowest BCUT2D eigenvalue weighted by Crippen LogP contribution is -2.19. The van der Waals surface area contributed by atoms with Crippen molar-refractivity contribution < 1.29 is 8.42 Å². The van der Waals surface area contributed by atoms with E-state index in [9.17, 15) is 8.42 Å². The fourth-order valence-electron chi connectivity index (χ4n) is 2.75. The Balaban J connectivity index is 1.69. The van der Waals surface area contributed by atoms with Gasteiger partial charge in [-0.3, -0.25) is 4.72 Å². The summed E-state index contributed by atoms with van der Waals surface area (Å²) in [6.07, 6.45) is 0. The first-order chi connectivity index (χ1) is 13.3. The zero-order valence-electron chi connectivity index (χ0n) is 16.2. The minimum absolute atomic E-state index is 0.185. The van der Waals surface area contributed by atoms with Crippen LogP contribution in [0.2, 0.25) is 0 Å². The molecule has 6 nitrogen and oxygen atoms in total. The predicted molar refractivity (Wildman–Crippen MR) is 112 cm³/mol. The van der Waals surface area contributed by atoms with Crippen molar-refractivity contribution in [1.82, 2.24) is 10.2 Å². The summed E-state index contributed by atoms with van der Waals surface area (Å²) in [6, 6.07) is 20.2. The maximum atomic E-state index is 12.6. The van der Waals surface area contributed by atoms with Crippen molar-refractivity contribution in [3.8, 4) is 0 Å². The van der Waals surface area contributed by atoms with Gasteiger partial charge in [0.25, 0.3) is 10.0 Å². The minimum atomic E-state index is -3.70. The SMILES string of the molecule is CC(C)c1ccc(S(=O)(=O)Nc2ccc(N(C)Cc3ccccc3)nn2)cc1. The third kappa shape index (κ3) is 4.86. The Kier molecular flexibility index (Phi) is 5.94. The Morgan fingerprint density at radius 3 is 2.18 bits per heavy atom. The smallest absolute Gasteiger partial charge is 0.263 e. The normalized spacial score (nSPS) is 11.4. The highest BCUT2D eigenvalue weighted by Crippen LogP contribution is 2.20. The van der Waals surface area contributed by atoms with Crippen LogP contribution in [0.15, 0.2) is 71.6 Å². The highest BCUT2D eigenvalue weighted by atomic mass is 32.2. The maximum absolute atomic E-state index is 12.6. The molecule has 1 N–H and O–H groups in total. The third-order valence-electron chi connectivity index (χ3n) is 4.40. The molecule has 2 aromatic carbocycles. The van der Waals surface area contributed by atoms with Crippen LogP contribution in [0.1, 0.15) is 30.9 Å². The second kappa shape index (κ2) is 8.39. The van der Waals surface area contributed by atoms with E-state index >= 15 is 0 Å². The van der Waals surface area contributed by atoms with E-state index in [1.54, 1.807) is 24.3 Å². The van der Waals surface area contributed by atoms with Crippen LogP contribution in [0.3, 0.4) is 0 Å². The van der Waals surface area contributed by atoms with E-state index in [1.165, 1.54) is 0 Å². The highest BCUT2D eigenvalue weighted by molar-refractivity contribution is 7.92. The van der Waals surface area contributed by atoms with Crippen LogP contribution in [0.4, 0.5) is 11.6 Å². The van der Waals surface area contributed by atoms with Crippen molar-refractivity contribution in [3.63, 3.8) is 0 Å². The molecule has 0 bridgehead atoms. The standard InChI is InChI=1S/C21H24N4O2S/c1-16(2)18-9-11-19(12-10-18)28(26,27)24-20-13-14-21(23-22-20)25(3)15-17-7-5-4-6-8-17/h4-14,16H,15H2,1-3H3,(H,22,24). The Bertz CT molecular complexity index is 1000. The summed E-state index contributed by atoms with van der Waals surface area (Å²) in [5.74, 6) is 1.19. The van der Waals surface area contributed by atoms with Gasteiger partial charge in [0, 0.05) is 13.6 Å². The summed E-state index contributed by atoms with van der Waals surface area (Å²) in [7, 11) is -1.79. The van der Waals surface area contributed by atoms with Gasteiger partial charge in [-0.1, -0.05) is 56.3 Å². The molecule has 146 valence electrons. The predicted octanol–water partition coefficient (Wildman–Crippen LogP) is 4.04. The largest absolute Gasteiger partial charge is 0.354 e. The van der Waals surface area contributed by atoms with Crippen LogP contribution in [-0.4, -0.2) is 25.7 Å². The Hall–Kier alpha value is -2.93. The molecular formula is C21H24N4O2S. The van der Waals surface area contributed by atoms with Gasteiger partial charge in [0.05, 0.1) is 4.90 Å². The maximum Gasteiger partial charge on any atom is 0.263 e. The number of nitrogens with zero attached hydrogens (tertiary/aromatic N) is 3. The summed E-state index contributed by atoms with van der Waals surface area (Å²) in [5, 5.41) is 8.15. The number of nitrogens with one attached hydrogen (secondary N) is 1. The lowest BCUT2D eigenvalue weighted by Gasteiger charge is -2.17. The molecule has 28 heavy (non-hydrogen) atoms. The lowest BCUT2D eigenvalue weighted by atomic mass is 10.0. The topological polar surface area (TPSA) is 75.2 Å². The van der Waals surface area contributed by atoms with Crippen molar-refractivity contribution in [2.75, 3.05) is 16.7 Å². The zero-order chi connectivity index (χ0) is 20.1. The van der Waals surface area contributed by atoms with Crippen LogP contribution in [0.5, 0.6) is 0 Å². The van der Waals surface area contributed by atoms with Crippen LogP contribution in [0.25, 0.3) is 0 Å². The number of hydrogen-bond acceptors (Lipinski definition) is 5. The van der Waals surface area contributed by atoms with Crippen LogP contribution in [-0.2, 0) is 16.6 Å². The summed E-state index contributed by atoms with van der Waals surface area (Å²) in [5.41, 5.74) is 2.24. The Morgan fingerprint density at radius 1 is 0.929 bits per heavy atom. The Morgan fingerprint density at radius 2 is 1.61 bits per heavy atom. The Labute approximate surface area is 166 Å². The summed E-state index contributed by atoms with van der Waals surface area (Å²) >= 11 is 0. The van der Waals surface area contributed by atoms with Gasteiger partial charge in [-0.25, -0.2) is 8.42 Å². The van der Waals surface area contributed by atoms with Gasteiger partial charge in [0.15, 0.2) is 11.6 Å². The molecule has 0 unspecified atom stereocenters. The highest BCUT2D eigenvalue weighted by Gasteiger charge is 2.16. The molecule has 0 aliphatic carbocycles. The molecule has 3 rings (SSSR count). The molecular weight excluding hydrogens is 372 g/mol. The molecule has 0 fully saturated rings. The number of sulfonamides is 1. The van der Waals surface area contributed by atoms with Crippen molar-refractivity contribution in [3.05, 3.63) is 77.9 Å². The van der Waals surface area contributed by atoms with Crippen molar-refractivity contribution in [1.29, 1.82) is 0 Å². The van der Waals surface area contributed by atoms with Gasteiger partial charge in [-0.2, -0.15) is 0 Å². The van der Waals surface area contributed by atoms with Gasteiger partial charge in [-0.15, -0.1) is 10.2 Å². The fourth-order valence-corrected chi connectivity index (χ4v) is 3.75. The summed E-state index contributed by atoms with van der Waals surface area (Å²) in [6.45, 7) is 4.81. The third-order valence-corrected chi connectivity index (χ3v) is 5.77. The van der Waals surface area contributed by atoms with Crippen LogP contribution < -0.4 is 9.62 Å². The van der Waals surface area contributed by atoms with Crippen molar-refractivity contribution in [2.24, 2.45) is 0 Å². The van der Waals surface area contributed by atoms with Crippen molar-refractivity contribution >= 4 is 21.7 Å². The second-order valence-electron chi connectivity index (χ2n) is 6.95.